The summed E-state index contributed by atoms with van der Waals surface area (Å²) in [6, 6.07) is 16.2. The van der Waals surface area contributed by atoms with Crippen LogP contribution < -0.4 is 4.74 Å². The summed E-state index contributed by atoms with van der Waals surface area (Å²) in [6.45, 7) is 0. The predicted octanol–water partition coefficient (Wildman–Crippen LogP) is 3.95. The van der Waals surface area contributed by atoms with Crippen molar-refractivity contribution in [1.29, 1.82) is 0 Å². The van der Waals surface area contributed by atoms with Gasteiger partial charge in [0.25, 0.3) is 0 Å². The lowest BCUT2D eigenvalue weighted by Crippen LogP contribution is -2.03. The lowest BCUT2D eigenvalue weighted by molar-refractivity contribution is 0.376. The number of hydrogen-bond donors (Lipinski definition) is 0. The fraction of sp³-hybridized carbons (Fsp3) is 0.0625. The van der Waals surface area contributed by atoms with Crippen LogP contribution in [0.1, 0.15) is 11.1 Å². The van der Waals surface area contributed by atoms with Crippen LogP contribution in [0, 0.1) is 6.10 Å². The van der Waals surface area contributed by atoms with E-state index in [9.17, 15) is 0 Å². The Hall–Kier alpha value is -2.22. The zero-order valence-electron chi connectivity index (χ0n) is 9.72. The molecule has 0 N–H and O–H groups in total. The highest BCUT2D eigenvalue weighted by molar-refractivity contribution is 5.83. The Morgan fingerprint density at radius 1 is 0.889 bits per heavy atom. The highest BCUT2D eigenvalue weighted by Gasteiger charge is 2.28. The van der Waals surface area contributed by atoms with Gasteiger partial charge in [0.1, 0.15) is 11.3 Å². The molecular weight excluding hydrogens is 224 g/mol. The molecule has 18 heavy (non-hydrogen) atoms. The van der Waals surface area contributed by atoms with Crippen LogP contribution in [-0.4, -0.2) is 0 Å². The minimum atomic E-state index is 0.833. The van der Waals surface area contributed by atoms with Gasteiger partial charge in [-0.15, -0.1) is 0 Å². The maximum atomic E-state index is 5.92. The summed E-state index contributed by atoms with van der Waals surface area (Å²) in [5.74, 6) is 0.956. The molecule has 0 atom stereocenters. The first-order valence-corrected chi connectivity index (χ1v) is 6.00. The fourth-order valence-corrected chi connectivity index (χ4v) is 2.44. The van der Waals surface area contributed by atoms with Gasteiger partial charge in [0, 0.05) is 17.4 Å². The third-order valence-corrected chi connectivity index (χ3v) is 3.34. The monoisotopic (exact) mass is 235 g/mol. The summed E-state index contributed by atoms with van der Waals surface area (Å²) in [6.07, 6.45) is 3.59. The van der Waals surface area contributed by atoms with Gasteiger partial charge in [-0.05, 0) is 17.7 Å². The molecule has 1 radical (unpaired) electrons. The van der Waals surface area contributed by atoms with E-state index in [1.807, 2.05) is 36.4 Å². The lowest BCUT2D eigenvalue weighted by Gasteiger charge is -2.06. The van der Waals surface area contributed by atoms with Crippen LogP contribution in [-0.2, 0) is 6.42 Å². The molecule has 4 rings (SSSR count). The summed E-state index contributed by atoms with van der Waals surface area (Å²) >= 11 is 0. The van der Waals surface area contributed by atoms with Crippen molar-refractivity contribution in [2.45, 2.75) is 6.42 Å². The molecule has 1 aliphatic heterocycles. The number of ether oxygens (including phenoxy) is 1. The number of hydrogen-bond acceptors (Lipinski definition) is 2. The Morgan fingerprint density at radius 3 is 2.67 bits per heavy atom. The molecule has 0 bridgehead atoms. The summed E-state index contributed by atoms with van der Waals surface area (Å²) in [5.41, 5.74) is 3.19. The number of rotatable bonds is 1. The fourth-order valence-electron chi connectivity index (χ4n) is 2.44. The Kier molecular flexibility index (Phi) is 1.97. The first-order chi connectivity index (χ1) is 8.92. The molecule has 2 heterocycles. The van der Waals surface area contributed by atoms with E-state index >= 15 is 0 Å². The molecule has 0 spiro atoms. The topological polar surface area (TPSA) is 22.4 Å². The molecule has 1 aliphatic rings. The van der Waals surface area contributed by atoms with Gasteiger partial charge in [0.2, 0.25) is 0 Å². The molecule has 3 aromatic rings. The highest BCUT2D eigenvalue weighted by Crippen LogP contribution is 2.38. The third-order valence-electron chi connectivity index (χ3n) is 3.34. The van der Waals surface area contributed by atoms with E-state index in [4.69, 9.17) is 9.15 Å². The van der Waals surface area contributed by atoms with Gasteiger partial charge in [-0.2, -0.15) is 0 Å². The Morgan fingerprint density at radius 2 is 1.72 bits per heavy atom. The Labute approximate surface area is 105 Å². The molecule has 0 fully saturated rings. The standard InChI is InChI=1S/C16H11O2/c1-3-7-14-11(5-1)9-16(18-14)13-10-17-15-8-4-2-6-12(13)15/h1-8,10H,9H2. The zero-order valence-corrected chi connectivity index (χ0v) is 9.72. The maximum Gasteiger partial charge on any atom is 0.186 e. The first kappa shape index (κ1) is 9.77. The minimum absolute atomic E-state index is 0.833. The highest BCUT2D eigenvalue weighted by atomic mass is 16.5. The lowest BCUT2D eigenvalue weighted by atomic mass is 10.0. The van der Waals surface area contributed by atoms with E-state index in [-0.39, 0.29) is 0 Å². The van der Waals surface area contributed by atoms with Crippen LogP contribution in [0.5, 0.6) is 5.75 Å². The van der Waals surface area contributed by atoms with Crippen molar-refractivity contribution in [3.05, 3.63) is 72.0 Å². The molecule has 87 valence electrons. The third kappa shape index (κ3) is 1.35. The number of furan rings is 1. The molecule has 0 aliphatic carbocycles. The van der Waals surface area contributed by atoms with E-state index < -0.39 is 0 Å². The van der Waals surface area contributed by atoms with Gasteiger partial charge >= 0.3 is 0 Å². The van der Waals surface area contributed by atoms with Crippen LogP contribution in [0.2, 0.25) is 0 Å². The van der Waals surface area contributed by atoms with E-state index in [0.717, 1.165) is 34.8 Å². The van der Waals surface area contributed by atoms with Crippen molar-refractivity contribution in [2.75, 3.05) is 0 Å². The van der Waals surface area contributed by atoms with Crippen LogP contribution in [0.15, 0.2) is 59.2 Å². The average molecular weight is 235 g/mol. The smallest absolute Gasteiger partial charge is 0.186 e. The predicted molar refractivity (Wildman–Crippen MR) is 69.3 cm³/mol. The normalized spacial score (nSPS) is 14.7. The van der Waals surface area contributed by atoms with E-state index in [1.165, 1.54) is 5.56 Å². The molecule has 0 unspecified atom stereocenters. The molecule has 1 aromatic heterocycles. The van der Waals surface area contributed by atoms with Crippen molar-refractivity contribution < 1.29 is 9.15 Å². The summed E-state index contributed by atoms with van der Waals surface area (Å²) in [7, 11) is 0. The van der Waals surface area contributed by atoms with E-state index in [2.05, 4.69) is 12.1 Å². The Balaban J connectivity index is 1.78. The van der Waals surface area contributed by atoms with Crippen LogP contribution >= 0.6 is 0 Å². The summed E-state index contributed by atoms with van der Waals surface area (Å²) in [5, 5.41) is 1.11. The second-order valence-electron chi connectivity index (χ2n) is 4.46. The van der Waals surface area contributed by atoms with E-state index in [1.54, 1.807) is 6.26 Å². The van der Waals surface area contributed by atoms with Crippen molar-refractivity contribution in [2.24, 2.45) is 0 Å². The minimum Gasteiger partial charge on any atom is -0.477 e. The van der Waals surface area contributed by atoms with Gasteiger partial charge in [-0.3, -0.25) is 0 Å². The number of benzene rings is 2. The van der Waals surface area contributed by atoms with Gasteiger partial charge in [0.15, 0.2) is 6.10 Å². The molecule has 0 saturated carbocycles. The van der Waals surface area contributed by atoms with Crippen LogP contribution in [0.25, 0.3) is 11.0 Å². The molecule has 2 heteroatoms. The second kappa shape index (κ2) is 3.64. The maximum absolute atomic E-state index is 5.92. The molecular formula is C16H11O2. The van der Waals surface area contributed by atoms with Crippen molar-refractivity contribution in [3.63, 3.8) is 0 Å². The Bertz CT molecular complexity index is 687. The van der Waals surface area contributed by atoms with Gasteiger partial charge in [-0.25, -0.2) is 0 Å². The van der Waals surface area contributed by atoms with Crippen molar-refractivity contribution >= 4 is 11.0 Å². The zero-order chi connectivity index (χ0) is 11.9. The van der Waals surface area contributed by atoms with Crippen LogP contribution in [0.3, 0.4) is 0 Å². The summed E-state index contributed by atoms with van der Waals surface area (Å²) in [4.78, 5) is 0. The summed E-state index contributed by atoms with van der Waals surface area (Å²) < 4.78 is 11.5. The molecule has 0 saturated heterocycles. The molecule has 2 aromatic carbocycles. The van der Waals surface area contributed by atoms with E-state index in [0.29, 0.717) is 0 Å². The number of para-hydroxylation sites is 2. The van der Waals surface area contributed by atoms with Gasteiger partial charge < -0.3 is 9.15 Å². The van der Waals surface area contributed by atoms with Gasteiger partial charge in [0.05, 0.1) is 6.26 Å². The number of fused-ring (bicyclic) bond motifs is 2. The first-order valence-electron chi connectivity index (χ1n) is 6.00. The van der Waals surface area contributed by atoms with Crippen LogP contribution in [0.4, 0.5) is 0 Å². The quantitative estimate of drug-likeness (QED) is 0.637. The molecule has 2 nitrogen and oxygen atoms in total. The SMILES string of the molecule is c1ccc2c(c1)C[C](c1coc3ccccc13)O2. The van der Waals surface area contributed by atoms with Crippen molar-refractivity contribution in [3.8, 4) is 5.75 Å². The average Bonchev–Trinajstić information content (AvgIpc) is 3.02. The second-order valence-corrected chi connectivity index (χ2v) is 4.46. The largest absolute Gasteiger partial charge is 0.477 e. The van der Waals surface area contributed by atoms with Gasteiger partial charge in [-0.1, -0.05) is 36.4 Å². The molecule has 0 amide bonds. The van der Waals surface area contributed by atoms with Crippen molar-refractivity contribution in [1.82, 2.24) is 0 Å².